The quantitative estimate of drug-likeness (QED) is 0.672. The first kappa shape index (κ1) is 9.01. The molecule has 1 aromatic heterocycles. The van der Waals surface area contributed by atoms with Gasteiger partial charge in [0.1, 0.15) is 0 Å². The molecular weight excluding hydrogens is 176 g/mol. The lowest BCUT2D eigenvalue weighted by Gasteiger charge is -2.25. The average molecular weight is 188 g/mol. The number of rotatable bonds is 1. The number of aryl methyl sites for hydroxylation is 1. The minimum atomic E-state index is 0.0300. The van der Waals surface area contributed by atoms with Crippen LogP contribution in [0.1, 0.15) is 31.0 Å². The Labute approximate surface area is 82.6 Å². The summed E-state index contributed by atoms with van der Waals surface area (Å²) >= 11 is 0. The number of nitrogens with zero attached hydrogens (tertiary/aromatic N) is 2. The van der Waals surface area contributed by atoms with Crippen LogP contribution < -0.4 is 5.56 Å². The van der Waals surface area contributed by atoms with E-state index in [9.17, 15) is 4.79 Å². The fourth-order valence-corrected chi connectivity index (χ4v) is 2.11. The fraction of sp³-hybridized carbons (Fsp3) is 0.455. The van der Waals surface area contributed by atoms with Gasteiger partial charge >= 0.3 is 0 Å². The number of aromatic nitrogens is 1. The molecule has 1 aliphatic rings. The van der Waals surface area contributed by atoms with Gasteiger partial charge in [0, 0.05) is 17.8 Å². The molecule has 0 saturated carbocycles. The number of pyridine rings is 1. The van der Waals surface area contributed by atoms with Crippen LogP contribution in [0.3, 0.4) is 0 Å². The van der Waals surface area contributed by atoms with Crippen LogP contribution in [0.15, 0.2) is 23.0 Å². The smallest absolute Gasteiger partial charge is 0.251 e. The lowest BCUT2D eigenvalue weighted by Crippen LogP contribution is -2.29. The second kappa shape index (κ2) is 3.67. The Morgan fingerprint density at radius 1 is 1.57 bits per heavy atom. The summed E-state index contributed by atoms with van der Waals surface area (Å²) in [6, 6.07) is 7.58. The molecule has 0 bridgehead atoms. The SMILES string of the molecule is N#CCC1CCCc2cccc(=O)n21. The molecule has 0 spiro atoms. The van der Waals surface area contributed by atoms with Gasteiger partial charge < -0.3 is 4.57 Å². The molecule has 0 saturated heterocycles. The maximum Gasteiger partial charge on any atom is 0.251 e. The Kier molecular flexibility index (Phi) is 2.36. The first-order valence-electron chi connectivity index (χ1n) is 4.90. The molecule has 0 aliphatic carbocycles. The van der Waals surface area contributed by atoms with Crippen LogP contribution >= 0.6 is 0 Å². The van der Waals surface area contributed by atoms with Gasteiger partial charge in [0.05, 0.1) is 12.5 Å². The molecule has 2 rings (SSSR count). The number of fused-ring (bicyclic) bond motifs is 1. The van der Waals surface area contributed by atoms with Crippen molar-refractivity contribution in [3.05, 3.63) is 34.2 Å². The van der Waals surface area contributed by atoms with Gasteiger partial charge in [0.25, 0.3) is 5.56 Å². The standard InChI is InChI=1S/C11H12N2O/c12-8-7-10-4-1-3-9-5-2-6-11(14)13(9)10/h2,5-6,10H,1,3-4,7H2. The van der Waals surface area contributed by atoms with Gasteiger partial charge in [0.2, 0.25) is 0 Å². The van der Waals surface area contributed by atoms with E-state index in [1.807, 2.05) is 6.07 Å². The van der Waals surface area contributed by atoms with E-state index in [0.717, 1.165) is 25.0 Å². The summed E-state index contributed by atoms with van der Waals surface area (Å²) in [4.78, 5) is 11.6. The summed E-state index contributed by atoms with van der Waals surface area (Å²) in [6.07, 6.45) is 3.43. The maximum atomic E-state index is 11.6. The highest BCUT2D eigenvalue weighted by Crippen LogP contribution is 2.24. The summed E-state index contributed by atoms with van der Waals surface area (Å²) in [5.41, 5.74) is 1.10. The van der Waals surface area contributed by atoms with Gasteiger partial charge in [-0.1, -0.05) is 6.07 Å². The predicted molar refractivity (Wildman–Crippen MR) is 52.9 cm³/mol. The summed E-state index contributed by atoms with van der Waals surface area (Å²) in [5.74, 6) is 0. The Bertz CT molecular complexity index is 428. The monoisotopic (exact) mass is 188 g/mol. The van der Waals surface area contributed by atoms with E-state index in [1.165, 1.54) is 0 Å². The molecular formula is C11H12N2O. The third-order valence-electron chi connectivity index (χ3n) is 2.74. The zero-order valence-corrected chi connectivity index (χ0v) is 7.94. The van der Waals surface area contributed by atoms with E-state index in [2.05, 4.69) is 6.07 Å². The van der Waals surface area contributed by atoms with Gasteiger partial charge in [-0.2, -0.15) is 5.26 Å². The van der Waals surface area contributed by atoms with Crippen LogP contribution in [0.25, 0.3) is 0 Å². The van der Waals surface area contributed by atoms with Crippen LogP contribution in [0.2, 0.25) is 0 Å². The van der Waals surface area contributed by atoms with Crippen molar-refractivity contribution in [1.82, 2.24) is 4.57 Å². The Hall–Kier alpha value is -1.56. The number of hydrogen-bond acceptors (Lipinski definition) is 2. The predicted octanol–water partition coefficient (Wildman–Crippen LogP) is 1.64. The van der Waals surface area contributed by atoms with Crippen molar-refractivity contribution in [3.8, 4) is 6.07 Å². The molecule has 0 aromatic carbocycles. The highest BCUT2D eigenvalue weighted by atomic mass is 16.1. The third kappa shape index (κ3) is 1.44. The molecule has 2 heterocycles. The van der Waals surface area contributed by atoms with Crippen LogP contribution in [-0.2, 0) is 6.42 Å². The van der Waals surface area contributed by atoms with E-state index in [1.54, 1.807) is 16.7 Å². The van der Waals surface area contributed by atoms with Crippen LogP contribution in [-0.4, -0.2) is 4.57 Å². The van der Waals surface area contributed by atoms with Crippen molar-refractivity contribution in [1.29, 1.82) is 5.26 Å². The molecule has 1 atom stereocenters. The lowest BCUT2D eigenvalue weighted by molar-refractivity contribution is 0.394. The van der Waals surface area contributed by atoms with Gasteiger partial charge in [-0.25, -0.2) is 0 Å². The van der Waals surface area contributed by atoms with E-state index in [4.69, 9.17) is 5.26 Å². The largest absolute Gasteiger partial charge is 0.309 e. The molecule has 14 heavy (non-hydrogen) atoms. The first-order chi connectivity index (χ1) is 6.83. The van der Waals surface area contributed by atoms with Crippen molar-refractivity contribution in [2.45, 2.75) is 31.7 Å². The van der Waals surface area contributed by atoms with Gasteiger partial charge in [0.15, 0.2) is 0 Å². The Morgan fingerprint density at radius 2 is 2.43 bits per heavy atom. The summed E-state index contributed by atoms with van der Waals surface area (Å²) in [6.45, 7) is 0. The normalized spacial score (nSPS) is 19.8. The summed E-state index contributed by atoms with van der Waals surface area (Å²) in [5, 5.41) is 8.67. The third-order valence-corrected chi connectivity index (χ3v) is 2.74. The highest BCUT2D eigenvalue weighted by Gasteiger charge is 2.19. The molecule has 3 nitrogen and oxygen atoms in total. The van der Waals surface area contributed by atoms with Crippen LogP contribution in [0.4, 0.5) is 0 Å². The molecule has 0 fully saturated rings. The molecule has 0 radical (unpaired) electrons. The summed E-state index contributed by atoms with van der Waals surface area (Å²) < 4.78 is 1.78. The second-order valence-electron chi connectivity index (χ2n) is 3.63. The second-order valence-corrected chi connectivity index (χ2v) is 3.63. The minimum absolute atomic E-state index is 0.0300. The van der Waals surface area contributed by atoms with Gasteiger partial charge in [-0.3, -0.25) is 4.79 Å². The van der Waals surface area contributed by atoms with Crippen molar-refractivity contribution < 1.29 is 0 Å². The van der Waals surface area contributed by atoms with Crippen LogP contribution in [0.5, 0.6) is 0 Å². The molecule has 3 heteroatoms. The molecule has 72 valence electrons. The molecule has 0 N–H and O–H groups in total. The number of nitriles is 1. The zero-order valence-electron chi connectivity index (χ0n) is 7.94. The van der Waals surface area contributed by atoms with E-state index >= 15 is 0 Å². The number of hydrogen-bond donors (Lipinski definition) is 0. The van der Waals surface area contributed by atoms with Crippen molar-refractivity contribution >= 4 is 0 Å². The van der Waals surface area contributed by atoms with Crippen molar-refractivity contribution in [3.63, 3.8) is 0 Å². The van der Waals surface area contributed by atoms with Crippen molar-refractivity contribution in [2.75, 3.05) is 0 Å². The molecule has 1 aliphatic heterocycles. The lowest BCUT2D eigenvalue weighted by atomic mass is 9.99. The average Bonchev–Trinajstić information content (AvgIpc) is 2.19. The Morgan fingerprint density at radius 3 is 3.21 bits per heavy atom. The first-order valence-corrected chi connectivity index (χ1v) is 4.90. The minimum Gasteiger partial charge on any atom is -0.309 e. The summed E-state index contributed by atoms with van der Waals surface area (Å²) in [7, 11) is 0. The van der Waals surface area contributed by atoms with E-state index in [-0.39, 0.29) is 11.6 Å². The fourth-order valence-electron chi connectivity index (χ4n) is 2.11. The zero-order chi connectivity index (χ0) is 9.97. The Balaban J connectivity index is 2.48. The maximum absolute atomic E-state index is 11.6. The van der Waals surface area contributed by atoms with Crippen LogP contribution in [0, 0.1) is 11.3 Å². The highest BCUT2D eigenvalue weighted by molar-refractivity contribution is 5.11. The van der Waals surface area contributed by atoms with Gasteiger partial charge in [-0.05, 0) is 25.3 Å². The molecule has 1 unspecified atom stereocenters. The van der Waals surface area contributed by atoms with Crippen molar-refractivity contribution in [2.24, 2.45) is 0 Å². The molecule has 1 aromatic rings. The topological polar surface area (TPSA) is 45.8 Å². The molecule has 0 amide bonds. The van der Waals surface area contributed by atoms with E-state index < -0.39 is 0 Å². The van der Waals surface area contributed by atoms with Gasteiger partial charge in [-0.15, -0.1) is 0 Å². The van der Waals surface area contributed by atoms with E-state index in [0.29, 0.717) is 6.42 Å².